The average Bonchev–Trinajstić information content (AvgIpc) is 1.20. The van der Waals surface area contributed by atoms with Crippen molar-refractivity contribution in [3.8, 4) is 22.6 Å². The summed E-state index contributed by atoms with van der Waals surface area (Å²) in [6.45, 7) is 0. The maximum absolute atomic E-state index is 9.48. The number of hydrogen-bond donors (Lipinski definition) is 4. The second kappa shape index (κ2) is 39.3. The van der Waals surface area contributed by atoms with Crippen LogP contribution in [0.15, 0.2) is 437 Å². The van der Waals surface area contributed by atoms with E-state index in [0.717, 1.165) is 22.2 Å². The summed E-state index contributed by atoms with van der Waals surface area (Å²) < 4.78 is 1.99. The summed E-state index contributed by atoms with van der Waals surface area (Å²) in [4.78, 5) is 4.28. The normalized spacial score (nSPS) is 10.5. The zero-order valence-corrected chi connectivity index (χ0v) is 60.7. The van der Waals surface area contributed by atoms with E-state index in [1.54, 1.807) is 24.5 Å². The van der Waals surface area contributed by atoms with E-state index in [0.29, 0.717) is 5.46 Å². The van der Waals surface area contributed by atoms with Gasteiger partial charge >= 0.3 is 7.12 Å². The Bertz CT molecular complexity index is 4190. The molecule has 16 rings (SSSR count). The second-order valence-electron chi connectivity index (χ2n) is 23.4. The Labute approximate surface area is 611 Å². The summed E-state index contributed by atoms with van der Waals surface area (Å²) in [6, 6.07) is 148. The molecule has 0 aliphatic rings. The standard InChI is InChI=1S/4C18H15P.C14H12N2O.C6H7BO3/c4*1-4-10-16(11-5-1)19(17-12-6-2-7-13-17)18-14-8-3-9-15-18;1-16-9-15-13-6-5-11(8-14(13)16)10-3-2-4-12(17)7-10;8-6-3-1-2-5(4-6)7(9)10/h4*1-15H;2-9,17H,1H3;1-4,8-10H. The average molecular weight is 1410 g/mol. The first-order chi connectivity index (χ1) is 50.7. The number of benzene rings is 15. The van der Waals surface area contributed by atoms with E-state index in [-0.39, 0.29) is 11.5 Å². The van der Waals surface area contributed by atoms with E-state index in [4.69, 9.17) is 15.2 Å². The van der Waals surface area contributed by atoms with Crippen LogP contribution in [0, 0.1) is 0 Å². The van der Waals surface area contributed by atoms with Gasteiger partial charge < -0.3 is 24.8 Å². The monoisotopic (exact) mass is 1410 g/mol. The van der Waals surface area contributed by atoms with Gasteiger partial charge in [-0.25, -0.2) is 4.98 Å². The molecule has 0 unspecified atom stereocenters. The SMILES string of the molecule is Cn1cnc2ccc(-c3cccc(O)c3)cc21.OB(O)c1cccc(O)c1.c1ccc(P(c2ccccc2)c2ccccc2)cc1.c1ccc(P(c2ccccc2)c2ccccc2)cc1.c1ccc(P(c2ccccc2)c2ccccc2)cc1.c1ccc(P(c2ccccc2)c2ccccc2)cc1. The summed E-state index contributed by atoms with van der Waals surface area (Å²) in [5, 5.41) is 52.3. The summed E-state index contributed by atoms with van der Waals surface area (Å²) in [7, 11) is -1.32. The van der Waals surface area contributed by atoms with Crippen LogP contribution in [0.4, 0.5) is 0 Å². The van der Waals surface area contributed by atoms with E-state index in [9.17, 15) is 5.11 Å². The summed E-state index contributed by atoms with van der Waals surface area (Å²) >= 11 is 0. The van der Waals surface area contributed by atoms with Crippen LogP contribution in [0.5, 0.6) is 11.5 Å². The molecule has 0 spiro atoms. The van der Waals surface area contributed by atoms with Crippen molar-refractivity contribution in [2.45, 2.75) is 0 Å². The molecule has 0 bridgehead atoms. The number of nitrogens with zero attached hydrogens (tertiary/aromatic N) is 2. The predicted octanol–water partition coefficient (Wildman–Crippen LogP) is 15.8. The minimum Gasteiger partial charge on any atom is -0.508 e. The second-order valence-corrected chi connectivity index (χ2v) is 32.3. The van der Waals surface area contributed by atoms with Crippen LogP contribution in [0.1, 0.15) is 0 Å². The van der Waals surface area contributed by atoms with Crippen LogP contribution in [-0.2, 0) is 7.05 Å². The molecule has 0 atom stereocenters. The number of rotatable bonds is 14. The maximum Gasteiger partial charge on any atom is 0.488 e. The molecule has 1 aromatic heterocycles. The Balaban J connectivity index is 0.000000125. The Morgan fingerprint density at radius 3 is 0.680 bits per heavy atom. The molecule has 504 valence electrons. The van der Waals surface area contributed by atoms with Crippen LogP contribution in [-0.4, -0.2) is 36.9 Å². The van der Waals surface area contributed by atoms with Crippen LogP contribution in [0.2, 0.25) is 0 Å². The van der Waals surface area contributed by atoms with Crippen molar-refractivity contribution < 1.29 is 20.3 Å². The topological polar surface area (TPSA) is 98.7 Å². The molecule has 16 aromatic rings. The number of hydrogen-bond acceptors (Lipinski definition) is 5. The highest BCUT2D eigenvalue weighted by molar-refractivity contribution is 7.81. The number of phenols is 2. The highest BCUT2D eigenvalue weighted by Crippen LogP contribution is 2.36. The van der Waals surface area contributed by atoms with Crippen LogP contribution < -0.4 is 69.1 Å². The molecule has 6 nitrogen and oxygen atoms in total. The smallest absolute Gasteiger partial charge is 0.488 e. The Morgan fingerprint density at radius 1 is 0.243 bits per heavy atom. The molecular weight excluding hydrogens is 1330 g/mol. The quantitative estimate of drug-likeness (QED) is 0.0642. The van der Waals surface area contributed by atoms with Gasteiger partial charge in [0.25, 0.3) is 0 Å². The number of fused-ring (bicyclic) bond motifs is 1. The van der Waals surface area contributed by atoms with Gasteiger partial charge in [0.15, 0.2) is 0 Å². The van der Waals surface area contributed by atoms with Crippen molar-refractivity contribution in [2.75, 3.05) is 0 Å². The fourth-order valence-corrected chi connectivity index (χ4v) is 20.6. The molecule has 0 amide bonds. The lowest BCUT2D eigenvalue weighted by Crippen LogP contribution is -2.29. The van der Waals surface area contributed by atoms with E-state index >= 15 is 0 Å². The molecule has 0 radical (unpaired) electrons. The molecule has 4 N–H and O–H groups in total. The van der Waals surface area contributed by atoms with Crippen molar-refractivity contribution in [3.63, 3.8) is 0 Å². The van der Waals surface area contributed by atoms with Crippen LogP contribution in [0.3, 0.4) is 0 Å². The van der Waals surface area contributed by atoms with Gasteiger partial charge in [0.1, 0.15) is 11.5 Å². The third-order valence-corrected chi connectivity index (χ3v) is 26.0. The zero-order chi connectivity index (χ0) is 71.1. The van der Waals surface area contributed by atoms with Gasteiger partial charge in [0.2, 0.25) is 0 Å². The van der Waals surface area contributed by atoms with Gasteiger partial charge in [-0.1, -0.05) is 394 Å². The van der Waals surface area contributed by atoms with Crippen molar-refractivity contribution >= 4 is 119 Å². The summed E-state index contributed by atoms with van der Waals surface area (Å²) in [5.41, 5.74) is 4.45. The minimum atomic E-state index is -1.51. The van der Waals surface area contributed by atoms with Crippen molar-refractivity contribution in [1.29, 1.82) is 0 Å². The zero-order valence-electron chi connectivity index (χ0n) is 57.1. The molecule has 1 heterocycles. The first kappa shape index (κ1) is 73.3. The van der Waals surface area contributed by atoms with Gasteiger partial charge in [-0.05, 0) is 148 Å². The summed E-state index contributed by atoms with van der Waals surface area (Å²) in [6.07, 6.45) is 1.80. The van der Waals surface area contributed by atoms with Gasteiger partial charge in [-0.3, -0.25) is 0 Å². The number of imidazole rings is 1. The van der Waals surface area contributed by atoms with E-state index < -0.39 is 38.8 Å². The predicted molar refractivity (Wildman–Crippen MR) is 446 cm³/mol. The molecule has 0 aliphatic heterocycles. The summed E-state index contributed by atoms with van der Waals surface area (Å²) in [5.74, 6) is 0.318. The number of phenolic OH excluding ortho intramolecular Hbond substituents is 2. The highest BCUT2D eigenvalue weighted by atomic mass is 31.1. The molecule has 0 saturated carbocycles. The molecule has 103 heavy (non-hydrogen) atoms. The number of aromatic nitrogens is 2. The first-order valence-electron chi connectivity index (χ1n) is 33.9. The van der Waals surface area contributed by atoms with E-state index in [2.05, 4.69) is 375 Å². The van der Waals surface area contributed by atoms with Crippen LogP contribution >= 0.6 is 31.7 Å². The highest BCUT2D eigenvalue weighted by Gasteiger charge is 2.19. The van der Waals surface area contributed by atoms with E-state index in [1.807, 2.05) is 35.9 Å². The molecular formula is C92H79BN2O4P4. The largest absolute Gasteiger partial charge is 0.508 e. The van der Waals surface area contributed by atoms with Crippen molar-refractivity contribution in [1.82, 2.24) is 9.55 Å². The van der Waals surface area contributed by atoms with Crippen molar-refractivity contribution in [3.05, 3.63) is 437 Å². The minimum absolute atomic E-state index is 0.0330. The van der Waals surface area contributed by atoms with Gasteiger partial charge in [0, 0.05) is 7.05 Å². The lowest BCUT2D eigenvalue weighted by molar-refractivity contribution is 0.424. The fourth-order valence-electron chi connectivity index (χ4n) is 11.4. The molecule has 0 aliphatic carbocycles. The molecule has 0 saturated heterocycles. The van der Waals surface area contributed by atoms with Crippen molar-refractivity contribution in [2.24, 2.45) is 7.05 Å². The van der Waals surface area contributed by atoms with Gasteiger partial charge in [0.05, 0.1) is 17.4 Å². The third-order valence-electron chi connectivity index (χ3n) is 16.2. The maximum atomic E-state index is 9.48. The molecule has 11 heteroatoms. The lowest BCUT2D eigenvalue weighted by Gasteiger charge is -2.18. The number of aryl methyl sites for hydroxylation is 1. The first-order valence-corrected chi connectivity index (χ1v) is 39.3. The van der Waals surface area contributed by atoms with Gasteiger partial charge in [-0.15, -0.1) is 0 Å². The molecule has 15 aromatic carbocycles. The van der Waals surface area contributed by atoms with Crippen LogP contribution in [0.25, 0.3) is 22.2 Å². The Morgan fingerprint density at radius 2 is 0.466 bits per heavy atom. The third kappa shape index (κ3) is 21.6. The molecule has 0 fully saturated rings. The Hall–Kier alpha value is -10.9. The van der Waals surface area contributed by atoms with Gasteiger partial charge in [-0.2, -0.15) is 0 Å². The van der Waals surface area contributed by atoms with E-state index in [1.165, 1.54) is 81.9 Å². The lowest BCUT2D eigenvalue weighted by atomic mass is 9.80. The number of aromatic hydroxyl groups is 2. The fraction of sp³-hybridized carbons (Fsp3) is 0.0109. The Kier molecular flexibility index (Phi) is 28.0.